The van der Waals surface area contributed by atoms with E-state index in [4.69, 9.17) is 15.2 Å². The molecule has 9 nitrogen and oxygen atoms in total. The number of benzene rings is 1. The van der Waals surface area contributed by atoms with Gasteiger partial charge in [0.15, 0.2) is 0 Å². The van der Waals surface area contributed by atoms with Crippen molar-refractivity contribution in [1.29, 1.82) is 0 Å². The first-order valence-corrected chi connectivity index (χ1v) is 14.5. The van der Waals surface area contributed by atoms with Gasteiger partial charge in [-0.15, -0.1) is 0 Å². The number of carbonyl (C=O) groups is 2. The predicted octanol–water partition coefficient (Wildman–Crippen LogP) is 3.77. The summed E-state index contributed by atoms with van der Waals surface area (Å²) in [6, 6.07) is 10.7. The highest BCUT2D eigenvalue weighted by atomic mass is 16.5. The summed E-state index contributed by atoms with van der Waals surface area (Å²) in [5.41, 5.74) is 7.52. The SMILES string of the molecule is COc1ccc(-c2ccnc(OC3CC4CCC(C3)N4C(=O)NC3C4CC5CC3CC(C4)C5C(N)=O)n2)cc1. The smallest absolute Gasteiger partial charge is 0.318 e. The molecule has 1 aromatic heterocycles. The Hall–Kier alpha value is -3.36. The molecule has 39 heavy (non-hydrogen) atoms. The monoisotopic (exact) mass is 531 g/mol. The summed E-state index contributed by atoms with van der Waals surface area (Å²) in [4.78, 5) is 36.7. The Morgan fingerprint density at radius 2 is 1.56 bits per heavy atom. The van der Waals surface area contributed by atoms with Gasteiger partial charge in [-0.05, 0) is 92.5 Å². The minimum atomic E-state index is -0.121. The van der Waals surface area contributed by atoms with Crippen LogP contribution in [0.1, 0.15) is 51.4 Å². The molecule has 3 N–H and O–H groups in total. The zero-order chi connectivity index (χ0) is 26.7. The van der Waals surface area contributed by atoms with Crippen LogP contribution in [-0.4, -0.2) is 58.1 Å². The van der Waals surface area contributed by atoms with Crippen LogP contribution in [0.25, 0.3) is 11.3 Å². The van der Waals surface area contributed by atoms with Gasteiger partial charge in [-0.2, -0.15) is 4.98 Å². The average Bonchev–Trinajstić information content (AvgIpc) is 3.20. The first-order valence-electron chi connectivity index (χ1n) is 14.5. The number of primary amides is 1. The third-order valence-electron chi connectivity index (χ3n) is 10.3. The Bertz CT molecular complexity index is 1210. The van der Waals surface area contributed by atoms with Crippen molar-refractivity contribution < 1.29 is 19.1 Å². The quantitative estimate of drug-likeness (QED) is 0.586. The van der Waals surface area contributed by atoms with Crippen molar-refractivity contribution in [2.75, 3.05) is 7.11 Å². The van der Waals surface area contributed by atoms with Gasteiger partial charge in [0.05, 0.1) is 12.8 Å². The summed E-state index contributed by atoms with van der Waals surface area (Å²) in [7, 11) is 1.65. The summed E-state index contributed by atoms with van der Waals surface area (Å²) in [6.45, 7) is 0. The number of nitrogens with one attached hydrogen (secondary N) is 1. The highest BCUT2D eigenvalue weighted by molar-refractivity contribution is 5.78. The number of ether oxygens (including phenoxy) is 2. The number of aromatic nitrogens is 2. The number of nitrogens with two attached hydrogens (primary N) is 1. The van der Waals surface area contributed by atoms with E-state index < -0.39 is 0 Å². The fourth-order valence-electron chi connectivity index (χ4n) is 8.82. The van der Waals surface area contributed by atoms with E-state index >= 15 is 0 Å². The third-order valence-corrected chi connectivity index (χ3v) is 10.3. The van der Waals surface area contributed by atoms with Crippen molar-refractivity contribution in [3.8, 4) is 23.0 Å². The number of methoxy groups -OCH3 is 1. The Morgan fingerprint density at radius 1 is 0.923 bits per heavy atom. The van der Waals surface area contributed by atoms with Crippen LogP contribution < -0.4 is 20.5 Å². The van der Waals surface area contributed by atoms with Crippen LogP contribution in [0.3, 0.4) is 0 Å². The van der Waals surface area contributed by atoms with Crippen LogP contribution in [0.4, 0.5) is 4.79 Å². The molecule has 4 saturated carbocycles. The molecule has 3 amide bonds. The molecule has 2 unspecified atom stereocenters. The molecule has 9 heteroatoms. The lowest BCUT2D eigenvalue weighted by Crippen LogP contribution is -2.63. The number of hydrogen-bond donors (Lipinski definition) is 2. The first kappa shape index (κ1) is 24.7. The van der Waals surface area contributed by atoms with Crippen LogP contribution in [0.2, 0.25) is 0 Å². The van der Waals surface area contributed by atoms with Crippen LogP contribution in [0.5, 0.6) is 11.8 Å². The minimum absolute atomic E-state index is 0.00965. The van der Waals surface area contributed by atoms with Gasteiger partial charge >= 0.3 is 12.0 Å². The van der Waals surface area contributed by atoms with Gasteiger partial charge in [-0.3, -0.25) is 4.79 Å². The van der Waals surface area contributed by atoms with E-state index in [1.54, 1.807) is 13.3 Å². The maximum absolute atomic E-state index is 13.6. The largest absolute Gasteiger partial charge is 0.497 e. The Labute approximate surface area is 228 Å². The number of urea groups is 1. The van der Waals surface area contributed by atoms with Crippen molar-refractivity contribution in [2.45, 2.75) is 75.6 Å². The Morgan fingerprint density at radius 3 is 2.15 bits per heavy atom. The summed E-state index contributed by atoms with van der Waals surface area (Å²) >= 11 is 0. The molecule has 6 aliphatic rings. The van der Waals surface area contributed by atoms with Crippen LogP contribution >= 0.6 is 0 Å². The fourth-order valence-corrected chi connectivity index (χ4v) is 8.82. The van der Waals surface area contributed by atoms with Gasteiger partial charge in [0.2, 0.25) is 5.91 Å². The van der Waals surface area contributed by atoms with Crippen molar-refractivity contribution >= 4 is 11.9 Å². The molecule has 2 atom stereocenters. The summed E-state index contributed by atoms with van der Waals surface area (Å²) < 4.78 is 11.5. The Kier molecular flexibility index (Phi) is 6.12. The molecule has 2 saturated heterocycles. The van der Waals surface area contributed by atoms with E-state index in [1.807, 2.05) is 30.3 Å². The molecule has 6 fully saturated rings. The topological polar surface area (TPSA) is 120 Å². The van der Waals surface area contributed by atoms with Crippen molar-refractivity contribution in [3.05, 3.63) is 36.5 Å². The molecule has 3 heterocycles. The molecule has 6 bridgehead atoms. The normalized spacial score (nSPS) is 36.0. The molecule has 1 aromatic carbocycles. The van der Waals surface area contributed by atoms with Gasteiger partial charge in [0.1, 0.15) is 11.9 Å². The van der Waals surface area contributed by atoms with Crippen molar-refractivity contribution in [1.82, 2.24) is 20.2 Å². The predicted molar refractivity (Wildman–Crippen MR) is 144 cm³/mol. The van der Waals surface area contributed by atoms with Crippen LogP contribution in [-0.2, 0) is 4.79 Å². The summed E-state index contributed by atoms with van der Waals surface area (Å²) in [6.07, 6.45) is 9.39. The molecule has 206 valence electrons. The fraction of sp³-hybridized carbons (Fsp3) is 0.600. The molecule has 0 radical (unpaired) electrons. The maximum Gasteiger partial charge on any atom is 0.318 e. The van der Waals surface area contributed by atoms with E-state index in [1.165, 1.54) is 0 Å². The molecular formula is C30H37N5O4. The van der Waals surface area contributed by atoms with E-state index in [9.17, 15) is 9.59 Å². The van der Waals surface area contributed by atoms with Gasteiger partial charge in [0, 0.05) is 48.6 Å². The zero-order valence-electron chi connectivity index (χ0n) is 22.4. The molecule has 4 aliphatic carbocycles. The maximum atomic E-state index is 13.6. The standard InChI is InChI=1S/C30H37N5O4/c1-38-23-6-2-16(3-7-23)25-8-9-32-29(33-25)39-24-14-21-4-5-22(15-24)35(21)30(37)34-27-19-10-17-11-20(27)13-18(12-19)26(17)28(31)36/h2-3,6-9,17-22,24,26-27H,4-5,10-15H2,1H3,(H2,31,36)(H,34,37). The number of carbonyl (C=O) groups excluding carboxylic acids is 2. The lowest BCUT2D eigenvalue weighted by molar-refractivity contribution is -0.136. The van der Waals surface area contributed by atoms with Crippen LogP contribution in [0, 0.1) is 29.6 Å². The number of rotatable bonds is 6. The summed E-state index contributed by atoms with van der Waals surface area (Å²) in [5, 5.41) is 3.47. The second-order valence-electron chi connectivity index (χ2n) is 12.3. The number of amides is 3. The minimum Gasteiger partial charge on any atom is -0.497 e. The molecule has 2 aliphatic heterocycles. The lowest BCUT2D eigenvalue weighted by atomic mass is 9.50. The number of nitrogens with zero attached hydrogens (tertiary/aromatic N) is 3. The van der Waals surface area contributed by atoms with E-state index in [2.05, 4.69) is 20.2 Å². The van der Waals surface area contributed by atoms with Crippen LogP contribution in [0.15, 0.2) is 36.5 Å². The highest BCUT2D eigenvalue weighted by Crippen LogP contribution is 2.56. The molecule has 2 aromatic rings. The van der Waals surface area contributed by atoms with E-state index in [0.717, 1.165) is 68.4 Å². The second kappa shape index (κ2) is 9.68. The van der Waals surface area contributed by atoms with Gasteiger partial charge in [-0.25, -0.2) is 9.78 Å². The molecule has 8 rings (SSSR count). The number of piperidine rings is 1. The average molecular weight is 532 g/mol. The first-order chi connectivity index (χ1) is 19.0. The van der Waals surface area contributed by atoms with Gasteiger partial charge in [-0.1, -0.05) is 0 Å². The summed E-state index contributed by atoms with van der Waals surface area (Å²) in [5.74, 6) is 2.49. The van der Waals surface area contributed by atoms with Crippen molar-refractivity contribution in [3.63, 3.8) is 0 Å². The Balaban J connectivity index is 0.979. The molecular weight excluding hydrogens is 494 g/mol. The molecule has 0 spiro atoms. The third kappa shape index (κ3) is 4.39. The van der Waals surface area contributed by atoms with Gasteiger partial charge < -0.3 is 25.4 Å². The zero-order valence-corrected chi connectivity index (χ0v) is 22.4. The number of fused-ring (bicyclic) bond motifs is 2. The highest BCUT2D eigenvalue weighted by Gasteiger charge is 2.55. The van der Waals surface area contributed by atoms with Gasteiger partial charge in [0.25, 0.3) is 0 Å². The lowest BCUT2D eigenvalue weighted by Gasteiger charge is -2.57. The second-order valence-corrected chi connectivity index (χ2v) is 12.3. The number of hydrogen-bond acceptors (Lipinski definition) is 6. The van der Waals surface area contributed by atoms with E-state index in [-0.39, 0.29) is 42.1 Å². The van der Waals surface area contributed by atoms with Crippen molar-refractivity contribution in [2.24, 2.45) is 35.3 Å². The van der Waals surface area contributed by atoms with E-state index in [0.29, 0.717) is 29.7 Å².